The van der Waals surface area contributed by atoms with Gasteiger partial charge in [0, 0.05) is 49.0 Å². The molecule has 5 heterocycles. The van der Waals surface area contributed by atoms with Crippen LogP contribution in [-0.4, -0.2) is 55.3 Å². The van der Waals surface area contributed by atoms with Crippen molar-refractivity contribution in [2.24, 2.45) is 11.3 Å². The number of rotatable bonds is 5. The molecule has 1 unspecified atom stereocenters. The Kier molecular flexibility index (Phi) is 9.01. The number of carbonyl (C=O) groups excluding carboxylic acids is 1. The lowest BCUT2D eigenvalue weighted by molar-refractivity contribution is -0.190. The van der Waals surface area contributed by atoms with E-state index in [0.29, 0.717) is 28.1 Å². The summed E-state index contributed by atoms with van der Waals surface area (Å²) in [6.45, 7) is 10.1. The van der Waals surface area contributed by atoms with Gasteiger partial charge in [0.25, 0.3) is 5.91 Å². The number of anilines is 1. The number of alkyl halides is 3. The number of aromatic nitrogens is 5. The zero-order valence-electron chi connectivity index (χ0n) is 25.2. The molecule has 4 bridgehead atoms. The maximum Gasteiger partial charge on any atom is 0.394 e. The van der Waals surface area contributed by atoms with Gasteiger partial charge in [0.1, 0.15) is 10.8 Å². The van der Waals surface area contributed by atoms with Crippen LogP contribution in [0.5, 0.6) is 5.88 Å². The minimum Gasteiger partial charge on any atom is -0.477 e. The van der Waals surface area contributed by atoms with Crippen LogP contribution < -0.4 is 14.4 Å². The second-order valence-corrected chi connectivity index (χ2v) is 13.1. The predicted octanol–water partition coefficient (Wildman–Crippen LogP) is 6.83. The Morgan fingerprint density at radius 1 is 1.12 bits per heavy atom. The summed E-state index contributed by atoms with van der Waals surface area (Å²) in [6.07, 6.45) is 3.87. The number of amides is 1. The molecule has 3 aromatic heterocycles. The molecule has 2 fully saturated rings. The van der Waals surface area contributed by atoms with E-state index in [1.54, 1.807) is 24.4 Å². The highest BCUT2D eigenvalue weighted by atomic mass is 32.2. The third-order valence-corrected chi connectivity index (χ3v) is 8.98. The van der Waals surface area contributed by atoms with Crippen LogP contribution >= 0.6 is 11.9 Å². The quantitative estimate of drug-likeness (QED) is 0.313. The fraction of sp³-hybridized carbons (Fsp3) is 0.600. The minimum absolute atomic E-state index is 0.0619. The predicted molar refractivity (Wildman–Crippen MR) is 159 cm³/mol. The summed E-state index contributed by atoms with van der Waals surface area (Å²) in [7, 11) is 0. The first-order valence-electron chi connectivity index (χ1n) is 15.0. The first kappa shape index (κ1) is 31.2. The lowest BCUT2D eigenvalue weighted by Crippen LogP contribution is -2.40. The number of hydrogen-bond donors (Lipinski definition) is 1. The highest BCUT2D eigenvalue weighted by Gasteiger charge is 2.62. The summed E-state index contributed by atoms with van der Waals surface area (Å²) in [5, 5.41) is 9.66. The maximum atomic E-state index is 13.3. The van der Waals surface area contributed by atoms with Gasteiger partial charge in [-0.15, -0.1) is 5.10 Å². The Morgan fingerprint density at radius 2 is 1.88 bits per heavy atom. The summed E-state index contributed by atoms with van der Waals surface area (Å²) >= 11 is 1.17. The van der Waals surface area contributed by atoms with Crippen molar-refractivity contribution in [1.29, 1.82) is 0 Å². The molecular weight excluding hydrogens is 579 g/mol. The van der Waals surface area contributed by atoms with Crippen LogP contribution in [0.2, 0.25) is 0 Å². The van der Waals surface area contributed by atoms with Gasteiger partial charge in [-0.25, -0.2) is 9.67 Å². The maximum absolute atomic E-state index is 13.3. The molecule has 1 saturated carbocycles. The van der Waals surface area contributed by atoms with Gasteiger partial charge in [-0.2, -0.15) is 18.3 Å². The molecule has 0 spiro atoms. The fourth-order valence-electron chi connectivity index (χ4n) is 5.81. The Hall–Kier alpha value is -3.22. The van der Waals surface area contributed by atoms with Gasteiger partial charge in [0.05, 0.1) is 17.6 Å². The van der Waals surface area contributed by atoms with E-state index in [2.05, 4.69) is 47.5 Å². The number of pyridine rings is 1. The van der Waals surface area contributed by atoms with Crippen LogP contribution in [-0.2, 0) is 6.54 Å². The third-order valence-electron chi connectivity index (χ3n) is 8.27. The molecule has 1 N–H and O–H groups in total. The second kappa shape index (κ2) is 12.4. The summed E-state index contributed by atoms with van der Waals surface area (Å²) in [5.41, 5.74) is -1.38. The Morgan fingerprint density at radius 3 is 2.60 bits per heavy atom. The van der Waals surface area contributed by atoms with E-state index in [0.717, 1.165) is 32.4 Å². The van der Waals surface area contributed by atoms with Gasteiger partial charge in [0.15, 0.2) is 5.82 Å². The van der Waals surface area contributed by atoms with Crippen molar-refractivity contribution in [3.05, 3.63) is 42.2 Å². The molecule has 0 aromatic carbocycles. The molecule has 9 nitrogen and oxygen atoms in total. The number of hydrogen-bond acceptors (Lipinski definition) is 7. The van der Waals surface area contributed by atoms with E-state index in [9.17, 15) is 18.0 Å². The number of carbonyl (C=O) groups is 1. The molecule has 1 atom stereocenters. The number of aryl methyl sites for hydroxylation is 1. The van der Waals surface area contributed by atoms with E-state index in [1.165, 1.54) is 23.1 Å². The van der Waals surface area contributed by atoms with Gasteiger partial charge < -0.3 is 9.64 Å². The zero-order valence-corrected chi connectivity index (χ0v) is 26.0. The topological polar surface area (TPSA) is 90.1 Å². The molecule has 13 heteroatoms. The number of nitrogens with one attached hydrogen (secondary N) is 1. The highest BCUT2D eigenvalue weighted by Crippen LogP contribution is 2.59. The monoisotopic (exact) mass is 619 g/mol. The van der Waals surface area contributed by atoms with Crippen LogP contribution in [0.3, 0.4) is 0 Å². The first-order chi connectivity index (χ1) is 20.4. The van der Waals surface area contributed by atoms with E-state index < -0.39 is 11.6 Å². The van der Waals surface area contributed by atoms with Gasteiger partial charge in [0.2, 0.25) is 5.88 Å². The van der Waals surface area contributed by atoms with Crippen molar-refractivity contribution >= 4 is 23.7 Å². The highest BCUT2D eigenvalue weighted by molar-refractivity contribution is 7.97. The van der Waals surface area contributed by atoms with Crippen molar-refractivity contribution in [2.45, 2.75) is 95.9 Å². The van der Waals surface area contributed by atoms with Crippen LogP contribution in [0.25, 0.3) is 5.82 Å². The van der Waals surface area contributed by atoms with Crippen LogP contribution in [0.15, 0.2) is 41.7 Å². The average molecular weight is 620 g/mol. The first-order valence-corrected chi connectivity index (χ1v) is 15.8. The Balaban J connectivity index is 0.00000118. The smallest absolute Gasteiger partial charge is 0.394 e. The lowest BCUT2D eigenvalue weighted by atomic mass is 9.93. The van der Waals surface area contributed by atoms with Gasteiger partial charge >= 0.3 is 6.18 Å². The van der Waals surface area contributed by atoms with Gasteiger partial charge in [-0.1, -0.05) is 20.3 Å². The minimum atomic E-state index is -4.20. The fourth-order valence-corrected chi connectivity index (χ4v) is 6.39. The average Bonchev–Trinajstić information content (AvgIpc) is 3.25. The molecule has 1 amide bonds. The lowest BCUT2D eigenvalue weighted by Gasteiger charge is -2.34. The third kappa shape index (κ3) is 6.97. The number of ether oxygens (including phenoxy) is 1. The van der Waals surface area contributed by atoms with Crippen molar-refractivity contribution in [3.63, 3.8) is 0 Å². The van der Waals surface area contributed by atoms with Crippen molar-refractivity contribution in [1.82, 2.24) is 29.3 Å². The van der Waals surface area contributed by atoms with E-state index in [1.807, 2.05) is 16.9 Å². The van der Waals surface area contributed by atoms with Crippen molar-refractivity contribution in [2.75, 3.05) is 18.1 Å². The van der Waals surface area contributed by atoms with Gasteiger partial charge in [-0.05, 0) is 76.5 Å². The molecular formula is C30H40F3N7O2S. The summed E-state index contributed by atoms with van der Waals surface area (Å²) in [5.74, 6) is 1.47. The Bertz CT molecular complexity index is 1420. The van der Waals surface area contributed by atoms with E-state index >= 15 is 0 Å². The zero-order chi connectivity index (χ0) is 30.8. The van der Waals surface area contributed by atoms with Crippen LogP contribution in [0.4, 0.5) is 19.0 Å². The normalized spacial score (nSPS) is 20.8. The van der Waals surface area contributed by atoms with Crippen LogP contribution in [0, 0.1) is 11.3 Å². The Labute approximate surface area is 254 Å². The molecule has 2 aliphatic heterocycles. The number of halogens is 3. The SMILES string of the molecule is CC1(C)CC2CCCn3ccc(n3)SNC(=O)c3ccc(-n4ccc(OCCC5(C(F)(F)F)CC5)n4)nc3N1C2.CCC. The second-order valence-electron chi connectivity index (χ2n) is 12.3. The standard InChI is InChI=1S/C27H32F3N7O2S.C3H8/c1-25(2)16-18-4-3-12-35-13-8-22(33-35)40-34-24(38)19-5-6-20(31-23(19)36(25)17-18)37-14-7-21(32-37)39-15-11-26(9-10-26)27(28,29)30;1-3-2/h5-8,13-14,18H,3-4,9-12,15-17H2,1-2H3,(H,34,38);3H2,1-2H3. The molecule has 3 aliphatic rings. The number of nitrogens with zero attached hydrogens (tertiary/aromatic N) is 6. The summed E-state index contributed by atoms with van der Waals surface area (Å²) in [4.78, 5) is 20.5. The summed E-state index contributed by atoms with van der Waals surface area (Å²) in [6, 6.07) is 6.95. The summed E-state index contributed by atoms with van der Waals surface area (Å²) < 4.78 is 51.6. The van der Waals surface area contributed by atoms with E-state index in [4.69, 9.17) is 9.72 Å². The molecule has 1 aliphatic carbocycles. The van der Waals surface area contributed by atoms with E-state index in [-0.39, 0.29) is 43.2 Å². The molecule has 1 saturated heterocycles. The van der Waals surface area contributed by atoms with Crippen LogP contribution in [0.1, 0.15) is 83.0 Å². The largest absolute Gasteiger partial charge is 0.477 e. The molecule has 234 valence electrons. The van der Waals surface area contributed by atoms with Gasteiger partial charge in [-0.3, -0.25) is 14.2 Å². The molecule has 6 rings (SSSR count). The molecule has 3 aromatic rings. The molecule has 43 heavy (non-hydrogen) atoms. The van der Waals surface area contributed by atoms with Crippen molar-refractivity contribution in [3.8, 4) is 11.7 Å². The number of fused-ring (bicyclic) bond motifs is 6. The van der Waals surface area contributed by atoms with Crippen molar-refractivity contribution < 1.29 is 22.7 Å². The molecule has 0 radical (unpaired) electrons.